The zero-order valence-corrected chi connectivity index (χ0v) is 19.7. The quantitative estimate of drug-likeness (QED) is 0.512. The minimum absolute atomic E-state index is 0.172. The predicted molar refractivity (Wildman–Crippen MR) is 124 cm³/mol. The van der Waals surface area contributed by atoms with Crippen LogP contribution >= 0.6 is 11.3 Å². The predicted octanol–water partition coefficient (Wildman–Crippen LogP) is 3.07. The van der Waals surface area contributed by atoms with Crippen LogP contribution in [0.4, 0.5) is 5.13 Å². The molecule has 4 rings (SSSR count). The molecule has 1 fully saturated rings. The van der Waals surface area contributed by atoms with Crippen LogP contribution in [0.2, 0.25) is 0 Å². The van der Waals surface area contributed by atoms with Crippen molar-refractivity contribution in [3.8, 4) is 11.5 Å². The molecular formula is C22H29N5O4S. The Bertz CT molecular complexity index is 1030. The number of methoxy groups -OCH3 is 2. The zero-order chi connectivity index (χ0) is 22.7. The van der Waals surface area contributed by atoms with Crippen molar-refractivity contribution < 1.29 is 19.0 Å². The van der Waals surface area contributed by atoms with Crippen LogP contribution in [-0.4, -0.2) is 79.2 Å². The van der Waals surface area contributed by atoms with Crippen molar-refractivity contribution in [2.45, 2.75) is 19.9 Å². The molecule has 1 aliphatic rings. The Hall–Kier alpha value is -2.69. The number of carbonyl (C=O) groups excluding carboxylic acids is 1. The van der Waals surface area contributed by atoms with E-state index in [0.717, 1.165) is 24.3 Å². The summed E-state index contributed by atoms with van der Waals surface area (Å²) >= 11 is 1.42. The second-order valence-corrected chi connectivity index (χ2v) is 8.81. The number of morpholine rings is 1. The van der Waals surface area contributed by atoms with E-state index in [1.54, 1.807) is 29.9 Å². The third kappa shape index (κ3) is 4.57. The molecule has 0 N–H and O–H groups in total. The van der Waals surface area contributed by atoms with E-state index in [1.807, 2.05) is 32.2 Å². The number of amides is 1. The highest BCUT2D eigenvalue weighted by Crippen LogP contribution is 2.40. The molecule has 3 heterocycles. The monoisotopic (exact) mass is 459 g/mol. The van der Waals surface area contributed by atoms with Gasteiger partial charge in [0.05, 0.1) is 27.4 Å². The maximum Gasteiger partial charge on any atom is 0.280 e. The van der Waals surface area contributed by atoms with E-state index in [4.69, 9.17) is 19.2 Å². The minimum atomic E-state index is -0.172. The lowest BCUT2D eigenvalue weighted by atomic mass is 10.3. The van der Waals surface area contributed by atoms with Crippen LogP contribution in [0.3, 0.4) is 0 Å². The van der Waals surface area contributed by atoms with Crippen molar-refractivity contribution in [1.82, 2.24) is 19.7 Å². The van der Waals surface area contributed by atoms with Gasteiger partial charge < -0.3 is 14.2 Å². The van der Waals surface area contributed by atoms with E-state index < -0.39 is 0 Å². The molecule has 0 unspecified atom stereocenters. The smallest absolute Gasteiger partial charge is 0.280 e. The molecule has 1 saturated heterocycles. The SMILES string of the molecule is COc1ccc(OC)c2sc(N(CCN3CCOCC3)C(=O)c3ccn(C(C)C)n3)nc12. The number of benzene rings is 1. The number of hydrogen-bond donors (Lipinski definition) is 0. The van der Waals surface area contributed by atoms with Crippen molar-refractivity contribution >= 4 is 32.6 Å². The molecule has 0 bridgehead atoms. The van der Waals surface area contributed by atoms with E-state index in [-0.39, 0.29) is 11.9 Å². The molecule has 0 saturated carbocycles. The Kier molecular flexibility index (Phi) is 6.92. The summed E-state index contributed by atoms with van der Waals surface area (Å²) in [6, 6.07) is 5.62. The van der Waals surface area contributed by atoms with Gasteiger partial charge >= 0.3 is 0 Å². The first-order valence-corrected chi connectivity index (χ1v) is 11.5. The third-order valence-corrected chi connectivity index (χ3v) is 6.57. The van der Waals surface area contributed by atoms with Crippen molar-refractivity contribution in [2.75, 3.05) is 58.5 Å². The van der Waals surface area contributed by atoms with Crippen LogP contribution in [-0.2, 0) is 4.74 Å². The van der Waals surface area contributed by atoms with Crippen LogP contribution in [0.1, 0.15) is 30.4 Å². The molecule has 1 aliphatic heterocycles. The van der Waals surface area contributed by atoms with Gasteiger partial charge in [0, 0.05) is 38.4 Å². The summed E-state index contributed by atoms with van der Waals surface area (Å²) in [4.78, 5) is 22.3. The van der Waals surface area contributed by atoms with Gasteiger partial charge in [0.25, 0.3) is 5.91 Å². The van der Waals surface area contributed by atoms with Crippen molar-refractivity contribution in [3.63, 3.8) is 0 Å². The highest BCUT2D eigenvalue weighted by atomic mass is 32.1. The maximum absolute atomic E-state index is 13.6. The van der Waals surface area contributed by atoms with Crippen LogP contribution < -0.4 is 14.4 Å². The summed E-state index contributed by atoms with van der Waals surface area (Å²) in [5.41, 5.74) is 1.09. The fraction of sp³-hybridized carbons (Fsp3) is 0.500. The summed E-state index contributed by atoms with van der Waals surface area (Å²) in [7, 11) is 3.24. The number of anilines is 1. The molecule has 0 spiro atoms. The van der Waals surface area contributed by atoms with Gasteiger partial charge in [-0.05, 0) is 32.0 Å². The number of thiazole rings is 1. The van der Waals surface area contributed by atoms with E-state index in [2.05, 4.69) is 10.00 Å². The highest BCUT2D eigenvalue weighted by Gasteiger charge is 2.26. The fourth-order valence-electron chi connectivity index (χ4n) is 3.62. The van der Waals surface area contributed by atoms with Gasteiger partial charge in [-0.1, -0.05) is 11.3 Å². The average Bonchev–Trinajstić information content (AvgIpc) is 3.47. The van der Waals surface area contributed by atoms with Gasteiger partial charge in [0.1, 0.15) is 21.7 Å². The number of carbonyl (C=O) groups is 1. The van der Waals surface area contributed by atoms with E-state index in [1.165, 1.54) is 11.3 Å². The Morgan fingerprint density at radius 2 is 1.91 bits per heavy atom. The van der Waals surface area contributed by atoms with Gasteiger partial charge in [-0.15, -0.1) is 0 Å². The standard InChI is InChI=1S/C22H29N5O4S/c1-15(2)27-8-7-16(24-27)21(28)26(10-9-25-11-13-31-14-12-25)22-23-19-17(29-3)5-6-18(30-4)20(19)32-22/h5-8,15H,9-14H2,1-4H3. The van der Waals surface area contributed by atoms with Crippen LogP contribution in [0.15, 0.2) is 24.4 Å². The first-order chi connectivity index (χ1) is 15.5. The molecule has 9 nitrogen and oxygen atoms in total. The van der Waals surface area contributed by atoms with E-state index >= 15 is 0 Å². The molecule has 3 aromatic rings. The number of ether oxygens (including phenoxy) is 3. The van der Waals surface area contributed by atoms with Crippen LogP contribution in [0.5, 0.6) is 11.5 Å². The number of aromatic nitrogens is 3. The topological polar surface area (TPSA) is 82.0 Å². The van der Waals surface area contributed by atoms with E-state index in [9.17, 15) is 4.79 Å². The Morgan fingerprint density at radius 1 is 1.19 bits per heavy atom. The van der Waals surface area contributed by atoms with Gasteiger partial charge in [-0.25, -0.2) is 4.98 Å². The first kappa shape index (κ1) is 22.5. The lowest BCUT2D eigenvalue weighted by molar-refractivity contribution is 0.0391. The molecule has 172 valence electrons. The highest BCUT2D eigenvalue weighted by molar-refractivity contribution is 7.22. The van der Waals surface area contributed by atoms with Gasteiger partial charge in [0.15, 0.2) is 10.8 Å². The van der Waals surface area contributed by atoms with Gasteiger partial charge in [0.2, 0.25) is 0 Å². The summed E-state index contributed by atoms with van der Waals surface area (Å²) in [5, 5.41) is 5.09. The molecule has 32 heavy (non-hydrogen) atoms. The fourth-order valence-corrected chi connectivity index (χ4v) is 4.72. The second-order valence-electron chi connectivity index (χ2n) is 7.83. The maximum atomic E-state index is 13.6. The Labute approximate surface area is 191 Å². The van der Waals surface area contributed by atoms with Crippen LogP contribution in [0.25, 0.3) is 10.2 Å². The molecular weight excluding hydrogens is 430 g/mol. The largest absolute Gasteiger partial charge is 0.495 e. The number of hydrogen-bond acceptors (Lipinski definition) is 8. The average molecular weight is 460 g/mol. The Morgan fingerprint density at radius 3 is 2.56 bits per heavy atom. The van der Waals surface area contributed by atoms with Gasteiger partial charge in [-0.3, -0.25) is 19.3 Å². The molecule has 2 aromatic heterocycles. The molecule has 0 atom stereocenters. The molecule has 1 aromatic carbocycles. The molecule has 0 aliphatic carbocycles. The summed E-state index contributed by atoms with van der Waals surface area (Å²) in [6.45, 7) is 8.41. The lowest BCUT2D eigenvalue weighted by Gasteiger charge is -2.29. The second kappa shape index (κ2) is 9.85. The summed E-state index contributed by atoms with van der Waals surface area (Å²) in [5.74, 6) is 1.18. The van der Waals surface area contributed by atoms with Crippen molar-refractivity contribution in [1.29, 1.82) is 0 Å². The number of rotatable bonds is 8. The normalized spacial score (nSPS) is 14.8. The number of fused-ring (bicyclic) bond motifs is 1. The summed E-state index contributed by atoms with van der Waals surface area (Å²) < 4.78 is 19.1. The Balaban J connectivity index is 1.69. The third-order valence-electron chi connectivity index (χ3n) is 5.48. The van der Waals surface area contributed by atoms with Gasteiger partial charge in [-0.2, -0.15) is 5.10 Å². The van der Waals surface area contributed by atoms with Crippen molar-refractivity contribution in [3.05, 3.63) is 30.1 Å². The molecule has 10 heteroatoms. The van der Waals surface area contributed by atoms with Crippen LogP contribution in [0, 0.1) is 0 Å². The van der Waals surface area contributed by atoms with Crippen molar-refractivity contribution in [2.24, 2.45) is 0 Å². The molecule has 0 radical (unpaired) electrons. The van der Waals surface area contributed by atoms with E-state index in [0.29, 0.717) is 47.6 Å². The lowest BCUT2D eigenvalue weighted by Crippen LogP contribution is -2.43. The summed E-state index contributed by atoms with van der Waals surface area (Å²) in [6.07, 6.45) is 1.84. The minimum Gasteiger partial charge on any atom is -0.495 e. The number of nitrogens with zero attached hydrogens (tertiary/aromatic N) is 5. The zero-order valence-electron chi connectivity index (χ0n) is 18.9. The molecule has 1 amide bonds. The first-order valence-electron chi connectivity index (χ1n) is 10.7.